The largest absolute Gasteiger partial charge is 0.461 e. The minimum absolute atomic E-state index is 0.393. The minimum Gasteiger partial charge on any atom is -0.461 e. The van der Waals surface area contributed by atoms with Crippen LogP contribution in [0.1, 0.15) is 26.2 Å². The van der Waals surface area contributed by atoms with Crippen molar-refractivity contribution in [3.05, 3.63) is 18.4 Å². The van der Waals surface area contributed by atoms with Gasteiger partial charge in [-0.3, -0.25) is 0 Å². The summed E-state index contributed by atoms with van der Waals surface area (Å²) >= 11 is 0. The van der Waals surface area contributed by atoms with E-state index in [0.717, 1.165) is 25.0 Å². The Morgan fingerprint density at radius 3 is 3.09 bits per heavy atom. The van der Waals surface area contributed by atoms with Crippen LogP contribution in [0, 0.1) is 5.92 Å². The van der Waals surface area contributed by atoms with Crippen LogP contribution >= 0.6 is 0 Å². The smallest absolute Gasteiger partial charge is 0.205 e. The van der Waals surface area contributed by atoms with Crippen molar-refractivity contribution in [1.29, 1.82) is 0 Å². The quantitative estimate of drug-likeness (QED) is 0.772. The Hall–Kier alpha value is -2.57. The number of H-pyrrole nitrogens is 1. The third kappa shape index (κ3) is 2.52. The van der Waals surface area contributed by atoms with Crippen LogP contribution in [0.3, 0.4) is 0 Å². The summed E-state index contributed by atoms with van der Waals surface area (Å²) in [5, 5.41) is 0. The Morgan fingerprint density at radius 1 is 1.39 bits per heavy atom. The van der Waals surface area contributed by atoms with E-state index in [1.807, 2.05) is 6.07 Å². The molecule has 0 amide bonds. The topological polar surface area (TPSA) is 96.9 Å². The number of anilines is 2. The molecule has 0 aromatic carbocycles. The van der Waals surface area contributed by atoms with Gasteiger partial charge in [0.1, 0.15) is 5.52 Å². The Morgan fingerprint density at radius 2 is 2.30 bits per heavy atom. The molecule has 3 N–H and O–H groups in total. The van der Waals surface area contributed by atoms with Crippen molar-refractivity contribution in [3.8, 4) is 11.6 Å². The van der Waals surface area contributed by atoms with Gasteiger partial charge in [0.25, 0.3) is 0 Å². The second kappa shape index (κ2) is 5.57. The molecule has 1 atom stereocenters. The molecule has 0 spiro atoms. The van der Waals surface area contributed by atoms with Crippen LogP contribution in [-0.4, -0.2) is 33.0 Å². The number of hydrogen-bond acceptors (Lipinski definition) is 6. The van der Waals surface area contributed by atoms with Crippen LogP contribution < -0.4 is 10.6 Å². The minimum atomic E-state index is 0.393. The lowest BCUT2D eigenvalue weighted by molar-refractivity contribution is 0.401. The van der Waals surface area contributed by atoms with Crippen molar-refractivity contribution in [2.45, 2.75) is 26.2 Å². The van der Waals surface area contributed by atoms with E-state index in [4.69, 9.17) is 10.2 Å². The Bertz CT molecular complexity index is 809. The number of aromatic nitrogens is 4. The molecule has 120 valence electrons. The van der Waals surface area contributed by atoms with Crippen molar-refractivity contribution < 1.29 is 4.42 Å². The van der Waals surface area contributed by atoms with E-state index in [2.05, 4.69) is 31.8 Å². The number of rotatable bonds is 3. The van der Waals surface area contributed by atoms with Crippen LogP contribution in [0.25, 0.3) is 22.7 Å². The molecule has 7 heteroatoms. The molecule has 0 aliphatic carbocycles. The normalized spacial score (nSPS) is 18.7. The second-order valence-electron chi connectivity index (χ2n) is 6.03. The lowest BCUT2D eigenvalue weighted by atomic mass is 9.96. The first-order chi connectivity index (χ1) is 11.2. The lowest BCUT2D eigenvalue weighted by Gasteiger charge is -2.31. The van der Waals surface area contributed by atoms with Gasteiger partial charge < -0.3 is 20.0 Å². The van der Waals surface area contributed by atoms with Gasteiger partial charge in [0, 0.05) is 13.1 Å². The number of piperidine rings is 1. The summed E-state index contributed by atoms with van der Waals surface area (Å²) in [7, 11) is 0. The summed E-state index contributed by atoms with van der Waals surface area (Å²) in [5.74, 6) is 2.99. The Labute approximate surface area is 133 Å². The number of aromatic amines is 1. The van der Waals surface area contributed by atoms with Crippen LogP contribution in [0.4, 0.5) is 11.8 Å². The van der Waals surface area contributed by atoms with Crippen LogP contribution in [0.5, 0.6) is 0 Å². The number of nitrogens with two attached hydrogens (primary N) is 1. The molecule has 3 aromatic heterocycles. The highest BCUT2D eigenvalue weighted by Gasteiger charge is 2.22. The van der Waals surface area contributed by atoms with E-state index in [-0.39, 0.29) is 0 Å². The molecule has 4 rings (SSSR count). The third-order valence-corrected chi connectivity index (χ3v) is 4.50. The highest BCUT2D eigenvalue weighted by molar-refractivity contribution is 5.85. The number of nitrogen functional groups attached to an aromatic ring is 1. The first-order valence-corrected chi connectivity index (χ1v) is 8.06. The van der Waals surface area contributed by atoms with Gasteiger partial charge in [-0.05, 0) is 30.9 Å². The fourth-order valence-electron chi connectivity index (χ4n) is 3.16. The fourth-order valence-corrected chi connectivity index (χ4v) is 3.16. The Balaban J connectivity index is 1.71. The summed E-state index contributed by atoms with van der Waals surface area (Å²) in [6, 6.07) is 3.61. The molecule has 7 nitrogen and oxygen atoms in total. The van der Waals surface area contributed by atoms with E-state index in [0.29, 0.717) is 28.6 Å². The van der Waals surface area contributed by atoms with E-state index >= 15 is 0 Å². The molecule has 1 unspecified atom stereocenters. The maximum absolute atomic E-state index is 6.08. The number of hydrogen-bond donors (Lipinski definition) is 2. The average molecular weight is 312 g/mol. The highest BCUT2D eigenvalue weighted by atomic mass is 16.3. The SMILES string of the molecule is CCC1CCCN(c2nc3nc(-c4ccco4)nc(N)c3[nH]2)C1. The standard InChI is InChI=1S/C16H20N6O/c1-2-10-5-3-7-22(9-10)16-18-12-13(17)19-14(20-15(12)21-16)11-6-4-8-23-11/h4,6,8,10H,2-3,5,7,9H2,1H3,(H3,17,18,19,20,21). The molecular weight excluding hydrogens is 292 g/mol. The Kier molecular flexibility index (Phi) is 3.40. The molecule has 23 heavy (non-hydrogen) atoms. The number of imidazole rings is 1. The molecule has 0 bridgehead atoms. The molecular formula is C16H20N6O. The van der Waals surface area contributed by atoms with Gasteiger partial charge in [-0.2, -0.15) is 4.98 Å². The predicted octanol–water partition coefficient (Wildman–Crippen LogP) is 2.82. The molecule has 1 aliphatic heterocycles. The third-order valence-electron chi connectivity index (χ3n) is 4.50. The van der Waals surface area contributed by atoms with Gasteiger partial charge >= 0.3 is 0 Å². The van der Waals surface area contributed by atoms with Crippen molar-refractivity contribution in [2.24, 2.45) is 5.92 Å². The van der Waals surface area contributed by atoms with Gasteiger partial charge in [-0.25, -0.2) is 9.97 Å². The van der Waals surface area contributed by atoms with Gasteiger partial charge in [0.2, 0.25) is 5.95 Å². The van der Waals surface area contributed by atoms with Gasteiger partial charge in [-0.15, -0.1) is 0 Å². The first-order valence-electron chi connectivity index (χ1n) is 8.06. The average Bonchev–Trinajstić information content (AvgIpc) is 3.24. The first kappa shape index (κ1) is 14.0. The maximum atomic E-state index is 6.08. The van der Waals surface area contributed by atoms with Gasteiger partial charge in [0.05, 0.1) is 6.26 Å². The van der Waals surface area contributed by atoms with Crippen molar-refractivity contribution in [3.63, 3.8) is 0 Å². The van der Waals surface area contributed by atoms with E-state index in [1.165, 1.54) is 19.3 Å². The van der Waals surface area contributed by atoms with Gasteiger partial charge in [0.15, 0.2) is 23.0 Å². The molecule has 1 aliphatic rings. The maximum Gasteiger partial charge on any atom is 0.205 e. The summed E-state index contributed by atoms with van der Waals surface area (Å²) in [6.07, 6.45) is 5.27. The summed E-state index contributed by atoms with van der Waals surface area (Å²) in [6.45, 7) is 4.27. The zero-order valence-corrected chi connectivity index (χ0v) is 13.1. The molecule has 3 aromatic rings. The summed E-state index contributed by atoms with van der Waals surface area (Å²) in [4.78, 5) is 19.0. The molecule has 0 radical (unpaired) electrons. The van der Waals surface area contributed by atoms with Gasteiger partial charge in [-0.1, -0.05) is 13.3 Å². The molecule has 1 saturated heterocycles. The lowest BCUT2D eigenvalue weighted by Crippen LogP contribution is -2.35. The number of fused-ring (bicyclic) bond motifs is 1. The van der Waals surface area contributed by atoms with E-state index in [1.54, 1.807) is 12.3 Å². The van der Waals surface area contributed by atoms with Crippen LogP contribution in [0.2, 0.25) is 0 Å². The van der Waals surface area contributed by atoms with Crippen LogP contribution in [-0.2, 0) is 0 Å². The van der Waals surface area contributed by atoms with Crippen molar-refractivity contribution in [2.75, 3.05) is 23.7 Å². The molecule has 0 saturated carbocycles. The monoisotopic (exact) mass is 312 g/mol. The molecule has 4 heterocycles. The number of nitrogens with one attached hydrogen (secondary N) is 1. The highest BCUT2D eigenvalue weighted by Crippen LogP contribution is 2.27. The second-order valence-corrected chi connectivity index (χ2v) is 6.03. The summed E-state index contributed by atoms with van der Waals surface area (Å²) in [5.41, 5.74) is 7.35. The van der Waals surface area contributed by atoms with E-state index < -0.39 is 0 Å². The zero-order valence-electron chi connectivity index (χ0n) is 13.1. The van der Waals surface area contributed by atoms with Crippen LogP contribution in [0.15, 0.2) is 22.8 Å². The van der Waals surface area contributed by atoms with E-state index in [9.17, 15) is 0 Å². The van der Waals surface area contributed by atoms with Crippen molar-refractivity contribution in [1.82, 2.24) is 19.9 Å². The zero-order chi connectivity index (χ0) is 15.8. The molecule has 1 fully saturated rings. The predicted molar refractivity (Wildman–Crippen MR) is 89.0 cm³/mol. The summed E-state index contributed by atoms with van der Waals surface area (Å²) < 4.78 is 5.35. The van der Waals surface area contributed by atoms with Crippen molar-refractivity contribution >= 4 is 22.9 Å². The fraction of sp³-hybridized carbons (Fsp3) is 0.438. The number of furan rings is 1. The number of nitrogens with zero attached hydrogens (tertiary/aromatic N) is 4.